The lowest BCUT2D eigenvalue weighted by molar-refractivity contribution is -0.384. The van der Waals surface area contributed by atoms with Crippen molar-refractivity contribution in [2.75, 3.05) is 38.2 Å². The van der Waals surface area contributed by atoms with Crippen molar-refractivity contribution in [1.29, 1.82) is 0 Å². The molecule has 0 saturated carbocycles. The number of anilines is 1. The Balaban J connectivity index is 1.32. The highest BCUT2D eigenvalue weighted by Crippen LogP contribution is 2.38. The van der Waals surface area contributed by atoms with Gasteiger partial charge in [0.25, 0.3) is 5.69 Å². The Labute approximate surface area is 227 Å². The van der Waals surface area contributed by atoms with Gasteiger partial charge in [0.15, 0.2) is 0 Å². The summed E-state index contributed by atoms with van der Waals surface area (Å²) in [7, 11) is 1.64. The summed E-state index contributed by atoms with van der Waals surface area (Å²) < 4.78 is 5.22. The van der Waals surface area contributed by atoms with Crippen LogP contribution in [0.25, 0.3) is 0 Å². The normalized spacial score (nSPS) is 18.8. The smallest absolute Gasteiger partial charge is 0.269 e. The van der Waals surface area contributed by atoms with Crippen molar-refractivity contribution in [2.45, 2.75) is 25.4 Å². The number of carbonyl (C=O) groups is 1. The summed E-state index contributed by atoms with van der Waals surface area (Å²) in [5.41, 5.74) is 4.20. The molecule has 9 heteroatoms. The first-order valence-corrected chi connectivity index (χ1v) is 13.2. The van der Waals surface area contributed by atoms with Gasteiger partial charge in [-0.25, -0.2) is 0 Å². The van der Waals surface area contributed by atoms with Gasteiger partial charge >= 0.3 is 0 Å². The highest BCUT2D eigenvalue weighted by atomic mass is 35.5. The highest BCUT2D eigenvalue weighted by molar-refractivity contribution is 6.30. The van der Waals surface area contributed by atoms with Crippen molar-refractivity contribution in [2.24, 2.45) is 5.92 Å². The Morgan fingerprint density at radius 3 is 2.53 bits per heavy atom. The van der Waals surface area contributed by atoms with Crippen LogP contribution in [0.15, 0.2) is 66.7 Å². The Kier molecular flexibility index (Phi) is 7.81. The molecule has 198 valence electrons. The van der Waals surface area contributed by atoms with Gasteiger partial charge in [-0.3, -0.25) is 19.8 Å². The zero-order chi connectivity index (χ0) is 26.6. The highest BCUT2D eigenvalue weighted by Gasteiger charge is 2.41. The number of hydrogen-bond acceptors (Lipinski definition) is 6. The molecule has 2 aliphatic heterocycles. The fourth-order valence-electron chi connectivity index (χ4n) is 5.53. The van der Waals surface area contributed by atoms with Gasteiger partial charge in [-0.2, -0.15) is 0 Å². The number of piperazine rings is 1. The summed E-state index contributed by atoms with van der Waals surface area (Å²) in [5.74, 6) is 0.473. The van der Waals surface area contributed by atoms with E-state index in [1.807, 2.05) is 54.6 Å². The van der Waals surface area contributed by atoms with Crippen LogP contribution in [0, 0.1) is 16.0 Å². The van der Waals surface area contributed by atoms with Crippen molar-refractivity contribution in [3.8, 4) is 5.75 Å². The molecule has 5 rings (SSSR count). The molecule has 0 aliphatic carbocycles. The van der Waals surface area contributed by atoms with Crippen LogP contribution in [-0.4, -0.2) is 55.1 Å². The topological polar surface area (TPSA) is 87.9 Å². The predicted molar refractivity (Wildman–Crippen MR) is 148 cm³/mol. The first kappa shape index (κ1) is 26.0. The number of methoxy groups -OCH3 is 1. The molecular weight excluding hydrogens is 504 g/mol. The minimum absolute atomic E-state index is 0.0148. The zero-order valence-corrected chi connectivity index (χ0v) is 22.1. The molecule has 2 heterocycles. The first-order valence-electron chi connectivity index (χ1n) is 12.8. The van der Waals surface area contributed by atoms with Gasteiger partial charge in [0.2, 0.25) is 5.91 Å². The van der Waals surface area contributed by atoms with Crippen molar-refractivity contribution in [3.05, 3.63) is 98.6 Å². The van der Waals surface area contributed by atoms with Crippen molar-refractivity contribution >= 4 is 28.9 Å². The third kappa shape index (κ3) is 5.76. The zero-order valence-electron chi connectivity index (χ0n) is 21.3. The minimum atomic E-state index is -0.375. The molecule has 8 nitrogen and oxygen atoms in total. The lowest BCUT2D eigenvalue weighted by Gasteiger charge is -2.49. The Morgan fingerprint density at radius 2 is 1.82 bits per heavy atom. The van der Waals surface area contributed by atoms with Crippen LogP contribution in [0.5, 0.6) is 5.75 Å². The number of nitrogens with one attached hydrogen (secondary N) is 1. The summed E-state index contributed by atoms with van der Waals surface area (Å²) in [6.45, 7) is 3.61. The molecule has 2 aliphatic rings. The molecule has 0 radical (unpaired) electrons. The van der Waals surface area contributed by atoms with Crippen LogP contribution in [0.3, 0.4) is 0 Å². The van der Waals surface area contributed by atoms with Gasteiger partial charge in [0, 0.05) is 55.6 Å². The third-order valence-electron chi connectivity index (χ3n) is 7.52. The molecule has 0 unspecified atom stereocenters. The summed E-state index contributed by atoms with van der Waals surface area (Å²) in [4.78, 5) is 29.2. The molecule has 1 N–H and O–H groups in total. The molecule has 0 spiro atoms. The second-order valence-electron chi connectivity index (χ2n) is 9.89. The number of amides is 1. The van der Waals surface area contributed by atoms with E-state index in [9.17, 15) is 14.9 Å². The van der Waals surface area contributed by atoms with E-state index >= 15 is 0 Å². The van der Waals surface area contributed by atoms with Crippen LogP contribution in [0.4, 0.5) is 11.4 Å². The summed E-state index contributed by atoms with van der Waals surface area (Å²) in [6.07, 6.45) is 1.18. The Bertz CT molecular complexity index is 1300. The number of nitrogens with zero attached hydrogens (tertiary/aromatic N) is 3. The monoisotopic (exact) mass is 534 g/mol. The molecule has 0 bridgehead atoms. The molecule has 0 aromatic heterocycles. The van der Waals surface area contributed by atoms with Gasteiger partial charge in [-0.1, -0.05) is 35.9 Å². The molecule has 1 fully saturated rings. The van der Waals surface area contributed by atoms with Gasteiger partial charge in [-0.05, 0) is 59.9 Å². The Hall–Kier alpha value is -3.62. The number of rotatable bonds is 8. The van der Waals surface area contributed by atoms with Gasteiger partial charge < -0.3 is 15.0 Å². The van der Waals surface area contributed by atoms with E-state index in [0.29, 0.717) is 24.4 Å². The largest absolute Gasteiger partial charge is 0.497 e. The van der Waals surface area contributed by atoms with E-state index in [1.54, 1.807) is 19.2 Å². The summed E-state index contributed by atoms with van der Waals surface area (Å²) in [6, 6.07) is 20.7. The number of ether oxygens (including phenoxy) is 1. The lowest BCUT2D eigenvalue weighted by Crippen LogP contribution is -2.61. The predicted octanol–water partition coefficient (Wildman–Crippen LogP) is 4.48. The average Bonchev–Trinajstić information content (AvgIpc) is 2.93. The van der Waals surface area contributed by atoms with E-state index in [2.05, 4.69) is 15.1 Å². The van der Waals surface area contributed by atoms with E-state index in [0.717, 1.165) is 48.7 Å². The maximum Gasteiger partial charge on any atom is 0.269 e. The van der Waals surface area contributed by atoms with Crippen molar-refractivity contribution in [1.82, 2.24) is 10.2 Å². The van der Waals surface area contributed by atoms with Crippen LogP contribution in [0.1, 0.15) is 16.7 Å². The number of nitro benzene ring substituents is 1. The lowest BCUT2D eigenvalue weighted by atomic mass is 9.83. The maximum atomic E-state index is 13.5. The number of halogens is 1. The number of benzene rings is 3. The van der Waals surface area contributed by atoms with E-state index in [1.165, 1.54) is 5.56 Å². The number of hydrogen-bond donors (Lipinski definition) is 1. The fourth-order valence-corrected chi connectivity index (χ4v) is 5.65. The van der Waals surface area contributed by atoms with Crippen LogP contribution >= 0.6 is 11.6 Å². The number of nitro groups is 1. The standard InChI is InChI=1S/C29H31ClN4O4/c1-38-25-9-4-20(5-10-25)12-13-31-29(35)26-17-22-16-24(34(36)37)8-11-27(22)33-15-14-32(19-28(26)33)18-21-2-6-23(30)7-3-21/h2-11,16,26,28H,12-15,17-19H2,1H3,(H,31,35)/t26-,28-/m1/s1. The van der Waals surface area contributed by atoms with E-state index in [-0.39, 0.29) is 28.5 Å². The second-order valence-corrected chi connectivity index (χ2v) is 10.3. The van der Waals surface area contributed by atoms with Crippen LogP contribution in [-0.2, 0) is 24.2 Å². The molecule has 1 saturated heterocycles. The van der Waals surface area contributed by atoms with Crippen molar-refractivity contribution in [3.63, 3.8) is 0 Å². The molecule has 3 aromatic carbocycles. The maximum absolute atomic E-state index is 13.5. The molecule has 1 amide bonds. The van der Waals surface area contributed by atoms with Crippen LogP contribution in [0.2, 0.25) is 5.02 Å². The molecule has 3 aromatic rings. The number of fused-ring (bicyclic) bond motifs is 3. The summed E-state index contributed by atoms with van der Waals surface area (Å²) in [5, 5.41) is 15.3. The van der Waals surface area contributed by atoms with Gasteiger partial charge in [0.05, 0.1) is 24.0 Å². The first-order chi connectivity index (χ1) is 18.4. The van der Waals surface area contributed by atoms with Gasteiger partial charge in [0.1, 0.15) is 5.75 Å². The number of non-ortho nitro benzene ring substituents is 1. The molecule has 2 atom stereocenters. The van der Waals surface area contributed by atoms with Gasteiger partial charge in [-0.15, -0.1) is 0 Å². The Morgan fingerprint density at radius 1 is 1.08 bits per heavy atom. The second kappa shape index (κ2) is 11.4. The number of carbonyl (C=O) groups excluding carboxylic acids is 1. The molecule has 38 heavy (non-hydrogen) atoms. The molecular formula is C29H31ClN4O4. The van der Waals surface area contributed by atoms with Crippen LogP contribution < -0.4 is 15.0 Å². The van der Waals surface area contributed by atoms with Crippen molar-refractivity contribution < 1.29 is 14.5 Å². The summed E-state index contributed by atoms with van der Waals surface area (Å²) >= 11 is 6.06. The third-order valence-corrected chi connectivity index (χ3v) is 7.77. The quantitative estimate of drug-likeness (QED) is 0.339. The average molecular weight is 535 g/mol. The van der Waals surface area contributed by atoms with E-state index in [4.69, 9.17) is 16.3 Å². The van der Waals surface area contributed by atoms with E-state index < -0.39 is 0 Å². The minimum Gasteiger partial charge on any atom is -0.497 e. The SMILES string of the molecule is COc1ccc(CCNC(=O)[C@@H]2Cc3cc([N+](=O)[O-])ccc3N3CCN(Cc4ccc(Cl)cc4)C[C@H]23)cc1. The fraction of sp³-hybridized carbons (Fsp3) is 0.345.